The summed E-state index contributed by atoms with van der Waals surface area (Å²) >= 11 is 0. The Labute approximate surface area is 170 Å². The van der Waals surface area contributed by atoms with E-state index in [2.05, 4.69) is 20.4 Å². The zero-order valence-corrected chi connectivity index (χ0v) is 16.4. The maximum Gasteiger partial charge on any atom is 0.317 e. The van der Waals surface area contributed by atoms with Crippen molar-refractivity contribution < 1.29 is 23.0 Å². The zero-order chi connectivity index (χ0) is 21.5. The highest BCUT2D eigenvalue weighted by Gasteiger charge is 2.39. The Hall–Kier alpha value is -3.18. The maximum absolute atomic E-state index is 13.7. The highest BCUT2D eigenvalue weighted by Crippen LogP contribution is 2.36. The lowest BCUT2D eigenvalue weighted by Gasteiger charge is -2.26. The van der Waals surface area contributed by atoms with Gasteiger partial charge >= 0.3 is 6.03 Å². The van der Waals surface area contributed by atoms with Crippen LogP contribution in [0.1, 0.15) is 29.8 Å². The molecule has 3 N–H and O–H groups in total. The van der Waals surface area contributed by atoms with Gasteiger partial charge in [-0.1, -0.05) is 0 Å². The lowest BCUT2D eigenvalue weighted by atomic mass is 9.96. The number of hydrogen-bond acceptors (Lipinski definition) is 6. The van der Waals surface area contributed by atoms with Gasteiger partial charge in [0.2, 0.25) is 0 Å². The highest BCUT2D eigenvalue weighted by atomic mass is 19.3. The number of methoxy groups -OCH3 is 1. The normalized spacial score (nSPS) is 19.0. The number of primary amides is 1. The predicted octanol–water partition coefficient (Wildman–Crippen LogP) is 2.81. The molecule has 9 nitrogen and oxygen atoms in total. The van der Waals surface area contributed by atoms with Crippen molar-refractivity contribution in [3.8, 4) is 5.82 Å². The third-order valence-electron chi connectivity index (χ3n) is 5.15. The maximum atomic E-state index is 13.7. The molecule has 1 fully saturated rings. The van der Waals surface area contributed by atoms with Crippen LogP contribution in [0, 0.1) is 6.92 Å². The molecule has 1 atom stereocenters. The first-order valence-electron chi connectivity index (χ1n) is 9.19. The molecule has 4 rings (SSSR count). The van der Waals surface area contributed by atoms with Crippen molar-refractivity contribution in [2.75, 3.05) is 25.6 Å². The third-order valence-corrected chi connectivity index (χ3v) is 5.15. The first-order chi connectivity index (χ1) is 14.3. The van der Waals surface area contributed by atoms with Crippen LogP contribution in [0.15, 0.2) is 24.4 Å². The van der Waals surface area contributed by atoms with Gasteiger partial charge < -0.3 is 15.2 Å². The summed E-state index contributed by atoms with van der Waals surface area (Å²) in [5.41, 5.74) is 5.56. The smallest absolute Gasteiger partial charge is 0.317 e. The molecule has 1 aliphatic rings. The van der Waals surface area contributed by atoms with Crippen molar-refractivity contribution in [2.24, 2.45) is 5.73 Å². The van der Waals surface area contributed by atoms with Gasteiger partial charge in [-0.3, -0.25) is 5.32 Å². The lowest BCUT2D eigenvalue weighted by molar-refractivity contribution is -0.0248. The molecule has 0 saturated carbocycles. The van der Waals surface area contributed by atoms with E-state index in [1.807, 2.05) is 0 Å². The first kappa shape index (κ1) is 20.1. The second-order valence-electron chi connectivity index (χ2n) is 7.02. The van der Waals surface area contributed by atoms with Gasteiger partial charge in [0.25, 0.3) is 6.43 Å². The second kappa shape index (κ2) is 7.58. The highest BCUT2D eigenvalue weighted by molar-refractivity contribution is 5.90. The molecule has 158 valence electrons. The van der Waals surface area contributed by atoms with Gasteiger partial charge in [0.1, 0.15) is 11.4 Å². The number of carbonyl (C=O) groups is 1. The number of urea groups is 1. The Morgan fingerprint density at radius 1 is 1.40 bits per heavy atom. The molecule has 0 aliphatic carbocycles. The van der Waals surface area contributed by atoms with Crippen LogP contribution in [-0.2, 0) is 15.1 Å². The predicted molar refractivity (Wildman–Crippen MR) is 104 cm³/mol. The second-order valence-corrected chi connectivity index (χ2v) is 7.02. The van der Waals surface area contributed by atoms with Crippen molar-refractivity contribution in [3.05, 3.63) is 41.3 Å². The van der Waals surface area contributed by atoms with E-state index < -0.39 is 18.1 Å². The number of anilines is 1. The number of alkyl halides is 2. The number of ether oxygens (including phenoxy) is 2. The number of aryl methyl sites for hydroxylation is 1. The Morgan fingerprint density at radius 2 is 2.20 bits per heavy atom. The van der Waals surface area contributed by atoms with E-state index in [4.69, 9.17) is 15.2 Å². The average Bonchev–Trinajstić information content (AvgIpc) is 3.33. The molecule has 1 aliphatic heterocycles. The van der Waals surface area contributed by atoms with E-state index in [1.54, 1.807) is 13.0 Å². The van der Waals surface area contributed by atoms with E-state index in [9.17, 15) is 13.6 Å². The number of aromatic nitrogens is 4. The molecule has 0 unspecified atom stereocenters. The number of halogens is 2. The monoisotopic (exact) mass is 418 g/mol. The Balaban J connectivity index is 1.91. The van der Waals surface area contributed by atoms with Crippen LogP contribution in [0.3, 0.4) is 0 Å². The van der Waals surface area contributed by atoms with Crippen molar-refractivity contribution >= 4 is 22.8 Å². The summed E-state index contributed by atoms with van der Waals surface area (Å²) < 4.78 is 39.9. The molecule has 0 spiro atoms. The van der Waals surface area contributed by atoms with Crippen molar-refractivity contribution in [1.82, 2.24) is 19.7 Å². The fourth-order valence-corrected chi connectivity index (χ4v) is 3.54. The lowest BCUT2D eigenvalue weighted by Crippen LogP contribution is -2.30. The van der Waals surface area contributed by atoms with E-state index in [1.165, 1.54) is 30.1 Å². The number of nitrogens with one attached hydrogen (secondary N) is 1. The molecule has 3 aromatic rings. The summed E-state index contributed by atoms with van der Waals surface area (Å²) in [7, 11) is 1.51. The molecule has 3 aromatic heterocycles. The first-order valence-corrected chi connectivity index (χ1v) is 9.19. The molecular formula is C19H20F2N6O3. The summed E-state index contributed by atoms with van der Waals surface area (Å²) in [6, 6.07) is 3.40. The van der Waals surface area contributed by atoms with Crippen LogP contribution in [-0.4, -0.2) is 46.1 Å². The summed E-state index contributed by atoms with van der Waals surface area (Å²) in [6.45, 7) is 2.43. The summed E-state index contributed by atoms with van der Waals surface area (Å²) in [6.07, 6.45) is -0.685. The van der Waals surface area contributed by atoms with Gasteiger partial charge in [-0.05, 0) is 19.1 Å². The number of pyridine rings is 2. The Kier molecular flexibility index (Phi) is 5.08. The van der Waals surface area contributed by atoms with Gasteiger partial charge in [0, 0.05) is 43.4 Å². The number of carbonyl (C=O) groups excluding carboxylic acids is 1. The largest absolute Gasteiger partial charge is 0.378 e. The SMILES string of the molecule is CO[C@]1(c2cc(C(F)F)cc(-n3nc(C)c4cnc(NC(N)=O)cc43)n2)CCOC1. The van der Waals surface area contributed by atoms with Crippen LogP contribution in [0.2, 0.25) is 0 Å². The molecule has 11 heteroatoms. The molecule has 30 heavy (non-hydrogen) atoms. The molecule has 2 amide bonds. The minimum Gasteiger partial charge on any atom is -0.378 e. The molecule has 0 bridgehead atoms. The minimum absolute atomic E-state index is 0.195. The van der Waals surface area contributed by atoms with Crippen LogP contribution in [0.5, 0.6) is 0 Å². The van der Waals surface area contributed by atoms with Crippen LogP contribution >= 0.6 is 0 Å². The summed E-state index contributed by atoms with van der Waals surface area (Å²) in [5.74, 6) is 0.402. The molecule has 0 radical (unpaired) electrons. The molecule has 4 heterocycles. The fourth-order valence-electron chi connectivity index (χ4n) is 3.54. The van der Waals surface area contributed by atoms with Crippen LogP contribution in [0.4, 0.5) is 19.4 Å². The summed E-state index contributed by atoms with van der Waals surface area (Å²) in [4.78, 5) is 19.9. The number of nitrogens with zero attached hydrogens (tertiary/aromatic N) is 4. The van der Waals surface area contributed by atoms with Crippen molar-refractivity contribution in [3.63, 3.8) is 0 Å². The zero-order valence-electron chi connectivity index (χ0n) is 16.4. The quantitative estimate of drug-likeness (QED) is 0.658. The van der Waals surface area contributed by atoms with E-state index in [-0.39, 0.29) is 23.8 Å². The Bertz CT molecular complexity index is 1110. The molecular weight excluding hydrogens is 398 g/mol. The van der Waals surface area contributed by atoms with Gasteiger partial charge in [-0.15, -0.1) is 0 Å². The fraction of sp³-hybridized carbons (Fsp3) is 0.368. The van der Waals surface area contributed by atoms with Crippen LogP contribution < -0.4 is 11.1 Å². The number of fused-ring (bicyclic) bond motifs is 1. The van der Waals surface area contributed by atoms with Gasteiger partial charge in [-0.2, -0.15) is 5.10 Å². The number of amides is 2. The van der Waals surface area contributed by atoms with Gasteiger partial charge in [-0.25, -0.2) is 28.2 Å². The van der Waals surface area contributed by atoms with E-state index in [0.717, 1.165) is 0 Å². The van der Waals surface area contributed by atoms with Gasteiger partial charge in [0.05, 0.1) is 23.5 Å². The average molecular weight is 418 g/mol. The third kappa shape index (κ3) is 3.46. The number of hydrogen-bond donors (Lipinski definition) is 2. The van der Waals surface area contributed by atoms with Gasteiger partial charge in [0.15, 0.2) is 5.82 Å². The molecule has 0 aromatic carbocycles. The summed E-state index contributed by atoms with van der Waals surface area (Å²) in [5, 5.41) is 7.53. The molecule has 1 saturated heterocycles. The standard InChI is InChI=1S/C19H20F2N6O3/c1-10-12-8-23-15(25-18(22)28)7-13(12)27(26-10)16-6-11(17(20)21)5-14(24-16)19(29-2)3-4-30-9-19/h5-8,17H,3-4,9H2,1-2H3,(H3,22,23,25,28)/t19-/m1/s1. The number of nitrogens with two attached hydrogens (primary N) is 1. The topological polar surface area (TPSA) is 117 Å². The van der Waals surface area contributed by atoms with E-state index >= 15 is 0 Å². The number of rotatable bonds is 5. The van der Waals surface area contributed by atoms with Crippen molar-refractivity contribution in [2.45, 2.75) is 25.4 Å². The minimum atomic E-state index is -2.71. The van der Waals surface area contributed by atoms with Crippen LogP contribution in [0.25, 0.3) is 16.7 Å². The van der Waals surface area contributed by atoms with E-state index in [0.29, 0.717) is 35.3 Å². The Morgan fingerprint density at radius 3 is 2.83 bits per heavy atom. The van der Waals surface area contributed by atoms with Crippen molar-refractivity contribution in [1.29, 1.82) is 0 Å².